The van der Waals surface area contributed by atoms with E-state index in [0.29, 0.717) is 11.5 Å². The highest BCUT2D eigenvalue weighted by Gasteiger charge is 2.13. The van der Waals surface area contributed by atoms with E-state index in [1.165, 1.54) is 6.07 Å². The van der Waals surface area contributed by atoms with Gasteiger partial charge in [-0.3, -0.25) is 10.1 Å². The van der Waals surface area contributed by atoms with Crippen molar-refractivity contribution < 1.29 is 4.92 Å². The zero-order valence-corrected chi connectivity index (χ0v) is 12.9. The van der Waals surface area contributed by atoms with Crippen molar-refractivity contribution in [2.24, 2.45) is 0 Å². The maximum atomic E-state index is 11.0. The van der Waals surface area contributed by atoms with Gasteiger partial charge in [-0.2, -0.15) is 0 Å². The van der Waals surface area contributed by atoms with Gasteiger partial charge in [0.15, 0.2) is 5.82 Å². The molecule has 0 amide bonds. The second-order valence-electron chi connectivity index (χ2n) is 5.34. The van der Waals surface area contributed by atoms with E-state index in [2.05, 4.69) is 9.97 Å². The molecule has 0 saturated carbocycles. The Hall–Kier alpha value is -3.08. The van der Waals surface area contributed by atoms with Crippen molar-refractivity contribution in [1.82, 2.24) is 9.97 Å². The van der Waals surface area contributed by atoms with E-state index in [1.807, 2.05) is 50.2 Å². The number of non-ortho nitro benzene ring substituents is 1. The van der Waals surface area contributed by atoms with Crippen molar-refractivity contribution in [2.75, 3.05) is 0 Å². The van der Waals surface area contributed by atoms with Gasteiger partial charge in [-0.25, -0.2) is 9.97 Å². The summed E-state index contributed by atoms with van der Waals surface area (Å²) < 4.78 is 0. The van der Waals surface area contributed by atoms with E-state index in [1.54, 1.807) is 12.1 Å². The van der Waals surface area contributed by atoms with Gasteiger partial charge in [0.05, 0.1) is 10.6 Å². The molecule has 2 aromatic carbocycles. The first-order valence-electron chi connectivity index (χ1n) is 7.21. The minimum absolute atomic E-state index is 0.0585. The summed E-state index contributed by atoms with van der Waals surface area (Å²) in [5, 5.41) is 11.0. The summed E-state index contributed by atoms with van der Waals surface area (Å²) in [7, 11) is 0. The van der Waals surface area contributed by atoms with Crippen LogP contribution in [0.2, 0.25) is 0 Å². The predicted molar refractivity (Wildman–Crippen MR) is 89.0 cm³/mol. The Morgan fingerprint density at radius 2 is 1.70 bits per heavy atom. The number of nitro benzene ring substituents is 1. The summed E-state index contributed by atoms with van der Waals surface area (Å²) in [5.74, 6) is 0.617. The number of aromatic nitrogens is 2. The molecule has 0 saturated heterocycles. The third-order valence-electron chi connectivity index (χ3n) is 3.59. The molecule has 0 aliphatic heterocycles. The quantitative estimate of drug-likeness (QED) is 0.533. The largest absolute Gasteiger partial charge is 0.270 e. The van der Waals surface area contributed by atoms with E-state index < -0.39 is 4.92 Å². The molecular weight excluding hydrogens is 290 g/mol. The van der Waals surface area contributed by atoms with Crippen LogP contribution in [0.5, 0.6) is 0 Å². The Kier molecular flexibility index (Phi) is 3.85. The zero-order chi connectivity index (χ0) is 16.4. The second-order valence-corrected chi connectivity index (χ2v) is 5.34. The highest BCUT2D eigenvalue weighted by Crippen LogP contribution is 2.28. The number of aryl methyl sites for hydroxylation is 2. The Morgan fingerprint density at radius 1 is 0.957 bits per heavy atom. The second kappa shape index (κ2) is 5.96. The normalized spacial score (nSPS) is 10.5. The molecule has 0 radical (unpaired) electrons. The monoisotopic (exact) mass is 305 g/mol. The van der Waals surface area contributed by atoms with Crippen molar-refractivity contribution in [3.05, 3.63) is 76.0 Å². The Balaban J connectivity index is 2.16. The molecule has 0 fully saturated rings. The van der Waals surface area contributed by atoms with Gasteiger partial charge in [-0.05, 0) is 25.5 Å². The summed E-state index contributed by atoms with van der Waals surface area (Å²) in [4.78, 5) is 19.7. The number of rotatable bonds is 3. The van der Waals surface area contributed by atoms with Crippen LogP contribution in [-0.4, -0.2) is 14.9 Å². The lowest BCUT2D eigenvalue weighted by Crippen LogP contribution is -1.97. The van der Waals surface area contributed by atoms with Crippen molar-refractivity contribution in [2.45, 2.75) is 13.8 Å². The summed E-state index contributed by atoms with van der Waals surface area (Å²) in [5.41, 5.74) is 4.18. The lowest BCUT2D eigenvalue weighted by atomic mass is 10.0. The molecule has 0 atom stereocenters. The van der Waals surface area contributed by atoms with E-state index >= 15 is 0 Å². The van der Waals surface area contributed by atoms with Gasteiger partial charge in [0.2, 0.25) is 0 Å². The molecule has 0 N–H and O–H groups in total. The minimum Gasteiger partial charge on any atom is -0.258 e. The van der Waals surface area contributed by atoms with Gasteiger partial charge < -0.3 is 0 Å². The number of benzene rings is 2. The number of hydrogen-bond acceptors (Lipinski definition) is 4. The van der Waals surface area contributed by atoms with Crippen molar-refractivity contribution in [3.63, 3.8) is 0 Å². The smallest absolute Gasteiger partial charge is 0.258 e. The number of nitro groups is 1. The zero-order valence-electron chi connectivity index (χ0n) is 12.9. The SMILES string of the molecule is Cc1cc(-c2cc([N+](=O)[O-])ccc2C)nc(-c2ccccc2)n1. The first-order chi connectivity index (χ1) is 11.0. The lowest BCUT2D eigenvalue weighted by molar-refractivity contribution is -0.384. The maximum absolute atomic E-state index is 11.0. The number of hydrogen-bond donors (Lipinski definition) is 0. The van der Waals surface area contributed by atoms with Gasteiger partial charge in [-0.15, -0.1) is 0 Å². The first-order valence-corrected chi connectivity index (χ1v) is 7.21. The van der Waals surface area contributed by atoms with Crippen molar-refractivity contribution in [3.8, 4) is 22.6 Å². The fourth-order valence-electron chi connectivity index (χ4n) is 2.42. The molecule has 3 rings (SSSR count). The van der Waals surface area contributed by atoms with Crippen LogP contribution in [0.3, 0.4) is 0 Å². The molecule has 0 aliphatic carbocycles. The van der Waals surface area contributed by atoms with Crippen LogP contribution in [-0.2, 0) is 0 Å². The van der Waals surface area contributed by atoms with Gasteiger partial charge >= 0.3 is 0 Å². The standard InChI is InChI=1S/C18H15N3O2/c1-12-8-9-15(21(22)23)11-16(12)17-10-13(2)19-18(20-17)14-6-4-3-5-7-14/h3-11H,1-2H3. The van der Waals surface area contributed by atoms with Gasteiger partial charge in [0, 0.05) is 29.0 Å². The molecule has 0 aliphatic rings. The molecule has 5 nitrogen and oxygen atoms in total. The highest BCUT2D eigenvalue weighted by atomic mass is 16.6. The summed E-state index contributed by atoms with van der Waals surface area (Å²) in [6, 6.07) is 16.3. The summed E-state index contributed by atoms with van der Waals surface area (Å²) >= 11 is 0. The molecule has 1 heterocycles. The first kappa shape index (κ1) is 14.8. The van der Waals surface area contributed by atoms with Gasteiger partial charge in [0.25, 0.3) is 5.69 Å². The van der Waals surface area contributed by atoms with Crippen LogP contribution in [0.1, 0.15) is 11.3 Å². The van der Waals surface area contributed by atoms with Gasteiger partial charge in [-0.1, -0.05) is 36.4 Å². The van der Waals surface area contributed by atoms with E-state index in [4.69, 9.17) is 0 Å². The third kappa shape index (κ3) is 3.08. The molecule has 0 bridgehead atoms. The van der Waals surface area contributed by atoms with Crippen molar-refractivity contribution in [1.29, 1.82) is 0 Å². The third-order valence-corrected chi connectivity index (χ3v) is 3.59. The minimum atomic E-state index is -0.394. The van der Waals surface area contributed by atoms with Crippen LogP contribution in [0, 0.1) is 24.0 Å². The number of nitrogens with zero attached hydrogens (tertiary/aromatic N) is 3. The molecule has 23 heavy (non-hydrogen) atoms. The molecule has 5 heteroatoms. The average Bonchev–Trinajstić information content (AvgIpc) is 2.55. The van der Waals surface area contributed by atoms with E-state index in [9.17, 15) is 10.1 Å². The van der Waals surface area contributed by atoms with Crippen LogP contribution >= 0.6 is 0 Å². The summed E-state index contributed by atoms with van der Waals surface area (Å²) in [6.45, 7) is 3.81. The van der Waals surface area contributed by atoms with Crippen LogP contribution < -0.4 is 0 Å². The van der Waals surface area contributed by atoms with Crippen LogP contribution in [0.4, 0.5) is 5.69 Å². The van der Waals surface area contributed by atoms with Crippen molar-refractivity contribution >= 4 is 5.69 Å². The Morgan fingerprint density at radius 3 is 2.39 bits per heavy atom. The molecule has 1 aromatic heterocycles. The van der Waals surface area contributed by atoms with Crippen LogP contribution in [0.15, 0.2) is 54.6 Å². The molecule has 114 valence electrons. The highest BCUT2D eigenvalue weighted by molar-refractivity contribution is 5.69. The Bertz CT molecular complexity index is 877. The van der Waals surface area contributed by atoms with E-state index in [0.717, 1.165) is 22.4 Å². The molecule has 0 unspecified atom stereocenters. The van der Waals surface area contributed by atoms with Gasteiger partial charge in [0.1, 0.15) is 0 Å². The fraction of sp³-hybridized carbons (Fsp3) is 0.111. The molecular formula is C18H15N3O2. The lowest BCUT2D eigenvalue weighted by Gasteiger charge is -2.09. The average molecular weight is 305 g/mol. The molecule has 0 spiro atoms. The van der Waals surface area contributed by atoms with E-state index in [-0.39, 0.29) is 5.69 Å². The topological polar surface area (TPSA) is 68.9 Å². The fourth-order valence-corrected chi connectivity index (χ4v) is 2.42. The maximum Gasteiger partial charge on any atom is 0.270 e. The summed E-state index contributed by atoms with van der Waals surface area (Å²) in [6.07, 6.45) is 0. The van der Waals surface area contributed by atoms with Crippen LogP contribution in [0.25, 0.3) is 22.6 Å². The predicted octanol–water partition coefficient (Wildman–Crippen LogP) is 4.34. The molecule has 3 aromatic rings. The Labute approximate surface area is 133 Å².